The highest BCUT2D eigenvalue weighted by Crippen LogP contribution is 2.18. The summed E-state index contributed by atoms with van der Waals surface area (Å²) in [6.45, 7) is 7.02. The van der Waals surface area contributed by atoms with Gasteiger partial charge in [-0.15, -0.1) is 0 Å². The standard InChI is InChI=1S/C15H29N3O/c1-3-12-10-18(14(4-2)9-16-12)11-15(19)17-13-7-5-6-8-13/h12-14,16H,3-11H2,1-2H3,(H,17,19). The van der Waals surface area contributed by atoms with E-state index in [-0.39, 0.29) is 5.91 Å². The maximum atomic E-state index is 12.2. The van der Waals surface area contributed by atoms with E-state index in [9.17, 15) is 4.79 Å². The van der Waals surface area contributed by atoms with Crippen LogP contribution in [0.2, 0.25) is 0 Å². The van der Waals surface area contributed by atoms with Gasteiger partial charge in [-0.2, -0.15) is 0 Å². The molecule has 110 valence electrons. The average Bonchev–Trinajstić information content (AvgIpc) is 2.91. The minimum Gasteiger partial charge on any atom is -0.352 e. The Morgan fingerprint density at radius 3 is 2.63 bits per heavy atom. The van der Waals surface area contributed by atoms with Gasteiger partial charge in [0, 0.05) is 31.2 Å². The second-order valence-electron chi connectivity index (χ2n) is 6.05. The topological polar surface area (TPSA) is 44.4 Å². The van der Waals surface area contributed by atoms with Crippen molar-refractivity contribution in [2.45, 2.75) is 70.5 Å². The molecule has 2 N–H and O–H groups in total. The fraction of sp³-hybridized carbons (Fsp3) is 0.933. The molecule has 0 bridgehead atoms. The van der Waals surface area contributed by atoms with Crippen molar-refractivity contribution < 1.29 is 4.79 Å². The number of nitrogens with one attached hydrogen (secondary N) is 2. The van der Waals surface area contributed by atoms with Gasteiger partial charge in [0.25, 0.3) is 0 Å². The molecule has 1 aliphatic heterocycles. The summed E-state index contributed by atoms with van der Waals surface area (Å²) in [7, 11) is 0. The Morgan fingerprint density at radius 2 is 2.00 bits per heavy atom. The Bertz CT molecular complexity index is 289. The molecule has 1 amide bonds. The molecular formula is C15H29N3O. The number of nitrogens with zero attached hydrogens (tertiary/aromatic N) is 1. The van der Waals surface area contributed by atoms with Gasteiger partial charge in [0.15, 0.2) is 0 Å². The van der Waals surface area contributed by atoms with E-state index in [0.717, 1.165) is 25.9 Å². The number of piperazine rings is 1. The SMILES string of the molecule is CCC1CN(CC(=O)NC2CCCC2)C(CC)CN1. The number of hydrogen-bond acceptors (Lipinski definition) is 3. The number of hydrogen-bond donors (Lipinski definition) is 2. The highest BCUT2D eigenvalue weighted by Gasteiger charge is 2.28. The average molecular weight is 267 g/mol. The predicted molar refractivity (Wildman–Crippen MR) is 78.1 cm³/mol. The third kappa shape index (κ3) is 4.18. The maximum Gasteiger partial charge on any atom is 0.234 e. The van der Waals surface area contributed by atoms with Gasteiger partial charge in [-0.1, -0.05) is 26.7 Å². The number of rotatable bonds is 5. The van der Waals surface area contributed by atoms with E-state index < -0.39 is 0 Å². The lowest BCUT2D eigenvalue weighted by Gasteiger charge is -2.39. The highest BCUT2D eigenvalue weighted by atomic mass is 16.2. The van der Waals surface area contributed by atoms with Crippen LogP contribution in [0.15, 0.2) is 0 Å². The van der Waals surface area contributed by atoms with E-state index in [2.05, 4.69) is 29.4 Å². The molecule has 0 aromatic heterocycles. The Morgan fingerprint density at radius 1 is 1.26 bits per heavy atom. The van der Waals surface area contributed by atoms with Gasteiger partial charge in [-0.3, -0.25) is 9.69 Å². The lowest BCUT2D eigenvalue weighted by atomic mass is 10.1. The highest BCUT2D eigenvalue weighted by molar-refractivity contribution is 5.78. The molecule has 0 radical (unpaired) electrons. The molecule has 2 unspecified atom stereocenters. The molecule has 1 aliphatic carbocycles. The molecule has 1 heterocycles. The lowest BCUT2D eigenvalue weighted by Crippen LogP contribution is -2.58. The summed E-state index contributed by atoms with van der Waals surface area (Å²) in [4.78, 5) is 14.5. The Kier molecular flexibility index (Phi) is 5.64. The zero-order valence-corrected chi connectivity index (χ0v) is 12.5. The molecule has 1 saturated heterocycles. The van der Waals surface area contributed by atoms with E-state index in [1.807, 2.05) is 0 Å². The zero-order chi connectivity index (χ0) is 13.7. The van der Waals surface area contributed by atoms with Crippen LogP contribution in [0.25, 0.3) is 0 Å². The molecular weight excluding hydrogens is 238 g/mol. The van der Waals surface area contributed by atoms with Crippen molar-refractivity contribution in [3.8, 4) is 0 Å². The first-order valence-corrected chi connectivity index (χ1v) is 7.99. The molecule has 0 spiro atoms. The Hall–Kier alpha value is -0.610. The van der Waals surface area contributed by atoms with Crippen LogP contribution >= 0.6 is 0 Å². The zero-order valence-electron chi connectivity index (χ0n) is 12.5. The predicted octanol–water partition coefficient (Wildman–Crippen LogP) is 1.51. The molecule has 1 saturated carbocycles. The van der Waals surface area contributed by atoms with Crippen molar-refractivity contribution in [3.05, 3.63) is 0 Å². The summed E-state index contributed by atoms with van der Waals surface area (Å²) < 4.78 is 0. The van der Waals surface area contributed by atoms with Gasteiger partial charge in [0.2, 0.25) is 5.91 Å². The molecule has 0 aromatic rings. The summed E-state index contributed by atoms with van der Waals surface area (Å²) in [5.74, 6) is 0.224. The summed E-state index contributed by atoms with van der Waals surface area (Å²) in [6.07, 6.45) is 7.13. The second-order valence-corrected chi connectivity index (χ2v) is 6.05. The first-order chi connectivity index (χ1) is 9.22. The van der Waals surface area contributed by atoms with Crippen molar-refractivity contribution in [1.82, 2.24) is 15.5 Å². The van der Waals surface area contributed by atoms with Crippen LogP contribution < -0.4 is 10.6 Å². The van der Waals surface area contributed by atoms with Crippen LogP contribution in [0.1, 0.15) is 52.4 Å². The first-order valence-electron chi connectivity index (χ1n) is 7.99. The molecule has 2 rings (SSSR count). The van der Waals surface area contributed by atoms with Gasteiger partial charge >= 0.3 is 0 Å². The number of carbonyl (C=O) groups is 1. The Labute approximate surface area is 117 Å². The van der Waals surface area contributed by atoms with Gasteiger partial charge in [0.1, 0.15) is 0 Å². The van der Waals surface area contributed by atoms with E-state index in [1.165, 1.54) is 25.7 Å². The molecule has 19 heavy (non-hydrogen) atoms. The molecule has 2 atom stereocenters. The molecule has 0 aromatic carbocycles. The Balaban J connectivity index is 1.81. The molecule has 4 heteroatoms. The van der Waals surface area contributed by atoms with E-state index in [4.69, 9.17) is 0 Å². The van der Waals surface area contributed by atoms with Crippen LogP contribution in [0.4, 0.5) is 0 Å². The second kappa shape index (κ2) is 7.25. The third-order valence-corrected chi connectivity index (χ3v) is 4.64. The van der Waals surface area contributed by atoms with Gasteiger partial charge < -0.3 is 10.6 Å². The lowest BCUT2D eigenvalue weighted by molar-refractivity contribution is -0.123. The normalized spacial score (nSPS) is 29.6. The van der Waals surface area contributed by atoms with Crippen LogP contribution in [0, 0.1) is 0 Å². The van der Waals surface area contributed by atoms with Crippen molar-refractivity contribution >= 4 is 5.91 Å². The van der Waals surface area contributed by atoms with Crippen molar-refractivity contribution in [1.29, 1.82) is 0 Å². The first kappa shape index (κ1) is 14.8. The fourth-order valence-corrected chi connectivity index (χ4v) is 3.33. The summed E-state index contributed by atoms with van der Waals surface area (Å²) >= 11 is 0. The molecule has 4 nitrogen and oxygen atoms in total. The third-order valence-electron chi connectivity index (χ3n) is 4.64. The minimum atomic E-state index is 0.224. The van der Waals surface area contributed by atoms with Gasteiger partial charge in [-0.05, 0) is 25.7 Å². The summed E-state index contributed by atoms with van der Waals surface area (Å²) in [5, 5.41) is 6.78. The van der Waals surface area contributed by atoms with Crippen LogP contribution in [-0.2, 0) is 4.79 Å². The van der Waals surface area contributed by atoms with Crippen molar-refractivity contribution in [2.24, 2.45) is 0 Å². The summed E-state index contributed by atoms with van der Waals surface area (Å²) in [6, 6.07) is 1.50. The fourth-order valence-electron chi connectivity index (χ4n) is 3.33. The van der Waals surface area contributed by atoms with Gasteiger partial charge in [-0.25, -0.2) is 0 Å². The molecule has 2 fully saturated rings. The van der Waals surface area contributed by atoms with Crippen LogP contribution in [-0.4, -0.2) is 48.6 Å². The summed E-state index contributed by atoms with van der Waals surface area (Å²) in [5.41, 5.74) is 0. The molecule has 2 aliphatic rings. The van der Waals surface area contributed by atoms with Gasteiger partial charge in [0.05, 0.1) is 6.54 Å². The quantitative estimate of drug-likeness (QED) is 0.793. The van der Waals surface area contributed by atoms with E-state index in [0.29, 0.717) is 24.7 Å². The maximum absolute atomic E-state index is 12.2. The van der Waals surface area contributed by atoms with E-state index >= 15 is 0 Å². The smallest absolute Gasteiger partial charge is 0.234 e. The monoisotopic (exact) mass is 267 g/mol. The minimum absolute atomic E-state index is 0.224. The number of amides is 1. The van der Waals surface area contributed by atoms with Crippen molar-refractivity contribution in [2.75, 3.05) is 19.6 Å². The van der Waals surface area contributed by atoms with E-state index in [1.54, 1.807) is 0 Å². The van der Waals surface area contributed by atoms with Crippen LogP contribution in [0.5, 0.6) is 0 Å². The van der Waals surface area contributed by atoms with Crippen LogP contribution in [0.3, 0.4) is 0 Å². The largest absolute Gasteiger partial charge is 0.352 e. The van der Waals surface area contributed by atoms with Crippen molar-refractivity contribution in [3.63, 3.8) is 0 Å². The number of carbonyl (C=O) groups excluding carboxylic acids is 1.